The lowest BCUT2D eigenvalue weighted by Crippen LogP contribution is -2.22. The molecular formula is C16H22N4O. The first-order chi connectivity index (χ1) is 9.84. The van der Waals surface area contributed by atoms with Gasteiger partial charge in [-0.15, -0.1) is 0 Å². The number of aryl methyl sites for hydroxylation is 1. The second-order valence-electron chi connectivity index (χ2n) is 6.01. The Kier molecular flexibility index (Phi) is 4.02. The molecule has 2 rings (SSSR count). The van der Waals surface area contributed by atoms with Crippen LogP contribution in [0.3, 0.4) is 0 Å². The largest absolute Gasteiger partial charge is 0.396 e. The van der Waals surface area contributed by atoms with Gasteiger partial charge in [0, 0.05) is 12.2 Å². The van der Waals surface area contributed by atoms with Gasteiger partial charge in [0.05, 0.1) is 11.9 Å². The Hall–Kier alpha value is -2.30. The molecule has 1 heterocycles. The van der Waals surface area contributed by atoms with E-state index in [1.165, 1.54) is 6.20 Å². The summed E-state index contributed by atoms with van der Waals surface area (Å²) in [6.07, 6.45) is 1.51. The molecule has 0 spiro atoms. The summed E-state index contributed by atoms with van der Waals surface area (Å²) < 4.78 is 1.60. The van der Waals surface area contributed by atoms with Gasteiger partial charge >= 0.3 is 0 Å². The van der Waals surface area contributed by atoms with Crippen molar-refractivity contribution in [3.8, 4) is 0 Å². The quantitative estimate of drug-likeness (QED) is 0.911. The summed E-state index contributed by atoms with van der Waals surface area (Å²) in [5, 5.41) is 7.05. The van der Waals surface area contributed by atoms with Crippen LogP contribution in [0.15, 0.2) is 30.5 Å². The van der Waals surface area contributed by atoms with Gasteiger partial charge in [-0.3, -0.25) is 9.48 Å². The predicted octanol–water partition coefficient (Wildman–Crippen LogP) is 3.04. The zero-order valence-electron chi connectivity index (χ0n) is 13.0. The fraction of sp³-hybridized carbons (Fsp3) is 0.375. The van der Waals surface area contributed by atoms with Crippen molar-refractivity contribution in [3.05, 3.63) is 41.7 Å². The molecule has 0 atom stereocenters. The molecular weight excluding hydrogens is 264 g/mol. The fourth-order valence-corrected chi connectivity index (χ4v) is 2.32. The minimum atomic E-state index is -0.233. The summed E-state index contributed by atoms with van der Waals surface area (Å²) in [6, 6.07) is 7.81. The standard InChI is InChI=1S/C16H22N4O/c1-5-20-14(12(17)10-18-20)15(21)19-13-9-7-6-8-11(13)16(2,3)4/h6-10H,5,17H2,1-4H3,(H,19,21). The molecule has 1 aromatic heterocycles. The second kappa shape index (κ2) is 5.60. The number of rotatable bonds is 3. The number of nitrogen functional groups attached to an aromatic ring is 1. The Labute approximate surface area is 125 Å². The molecule has 0 aliphatic rings. The van der Waals surface area contributed by atoms with Crippen LogP contribution in [0.1, 0.15) is 43.7 Å². The highest BCUT2D eigenvalue weighted by molar-refractivity contribution is 6.06. The van der Waals surface area contributed by atoms with Crippen molar-refractivity contribution in [2.24, 2.45) is 0 Å². The van der Waals surface area contributed by atoms with Crippen molar-refractivity contribution in [3.63, 3.8) is 0 Å². The SMILES string of the molecule is CCn1ncc(N)c1C(=O)Nc1ccccc1C(C)(C)C. The Balaban J connectivity index is 2.35. The summed E-state index contributed by atoms with van der Waals surface area (Å²) in [5.41, 5.74) is 8.48. The van der Waals surface area contributed by atoms with E-state index >= 15 is 0 Å². The molecule has 0 aliphatic heterocycles. The zero-order chi connectivity index (χ0) is 15.6. The van der Waals surface area contributed by atoms with Crippen LogP contribution in [0.5, 0.6) is 0 Å². The van der Waals surface area contributed by atoms with Gasteiger partial charge in [-0.2, -0.15) is 5.10 Å². The number of nitrogens with two attached hydrogens (primary N) is 1. The number of hydrogen-bond donors (Lipinski definition) is 2. The van der Waals surface area contributed by atoms with Crippen molar-refractivity contribution >= 4 is 17.3 Å². The van der Waals surface area contributed by atoms with Crippen LogP contribution in [0.25, 0.3) is 0 Å². The van der Waals surface area contributed by atoms with Crippen molar-refractivity contribution < 1.29 is 4.79 Å². The van der Waals surface area contributed by atoms with E-state index in [2.05, 4.69) is 31.2 Å². The molecule has 0 fully saturated rings. The van der Waals surface area contributed by atoms with E-state index in [0.29, 0.717) is 17.9 Å². The lowest BCUT2D eigenvalue weighted by molar-refractivity contribution is 0.101. The van der Waals surface area contributed by atoms with Gasteiger partial charge in [-0.1, -0.05) is 39.0 Å². The Morgan fingerprint density at radius 3 is 2.62 bits per heavy atom. The summed E-state index contributed by atoms with van der Waals surface area (Å²) in [7, 11) is 0. The average molecular weight is 286 g/mol. The molecule has 112 valence electrons. The molecule has 0 radical (unpaired) electrons. The van der Waals surface area contributed by atoms with Crippen LogP contribution in [0, 0.1) is 0 Å². The molecule has 2 aromatic rings. The highest BCUT2D eigenvalue weighted by atomic mass is 16.2. The third-order valence-corrected chi connectivity index (χ3v) is 3.37. The minimum Gasteiger partial charge on any atom is -0.396 e. The lowest BCUT2D eigenvalue weighted by atomic mass is 9.86. The van der Waals surface area contributed by atoms with Gasteiger partial charge in [0.2, 0.25) is 0 Å². The minimum absolute atomic E-state index is 0.0551. The number of hydrogen-bond acceptors (Lipinski definition) is 3. The van der Waals surface area contributed by atoms with Gasteiger partial charge < -0.3 is 11.1 Å². The molecule has 0 bridgehead atoms. The van der Waals surface area contributed by atoms with Gasteiger partial charge in [0.15, 0.2) is 0 Å². The highest BCUT2D eigenvalue weighted by Crippen LogP contribution is 2.29. The molecule has 3 N–H and O–H groups in total. The number of nitrogens with zero attached hydrogens (tertiary/aromatic N) is 2. The van der Waals surface area contributed by atoms with E-state index in [1.54, 1.807) is 4.68 Å². The number of nitrogens with one attached hydrogen (secondary N) is 1. The van der Waals surface area contributed by atoms with Crippen molar-refractivity contribution in [2.45, 2.75) is 39.7 Å². The molecule has 1 aromatic carbocycles. The number of anilines is 2. The molecule has 0 saturated heterocycles. The van der Waals surface area contributed by atoms with Gasteiger partial charge in [0.25, 0.3) is 5.91 Å². The van der Waals surface area contributed by atoms with Crippen LogP contribution in [0.2, 0.25) is 0 Å². The maximum atomic E-state index is 12.5. The van der Waals surface area contributed by atoms with Crippen LogP contribution in [0.4, 0.5) is 11.4 Å². The smallest absolute Gasteiger partial charge is 0.276 e. The number of carbonyl (C=O) groups excluding carboxylic acids is 1. The first kappa shape index (κ1) is 15.1. The summed E-state index contributed by atoms with van der Waals surface area (Å²) >= 11 is 0. The van der Waals surface area contributed by atoms with Crippen molar-refractivity contribution in [2.75, 3.05) is 11.1 Å². The Morgan fingerprint density at radius 1 is 1.33 bits per heavy atom. The molecule has 0 saturated carbocycles. The first-order valence-electron chi connectivity index (χ1n) is 7.06. The zero-order valence-corrected chi connectivity index (χ0v) is 13.0. The third-order valence-electron chi connectivity index (χ3n) is 3.37. The maximum absolute atomic E-state index is 12.5. The van der Waals surface area contributed by atoms with E-state index in [0.717, 1.165) is 11.3 Å². The number of carbonyl (C=O) groups is 1. The Bertz CT molecular complexity index is 653. The van der Waals surface area contributed by atoms with Crippen molar-refractivity contribution in [1.82, 2.24) is 9.78 Å². The molecule has 0 aliphatic carbocycles. The van der Waals surface area contributed by atoms with Crippen LogP contribution >= 0.6 is 0 Å². The fourth-order valence-electron chi connectivity index (χ4n) is 2.32. The lowest BCUT2D eigenvalue weighted by Gasteiger charge is -2.23. The van der Waals surface area contributed by atoms with Crippen LogP contribution in [-0.2, 0) is 12.0 Å². The summed E-state index contributed by atoms with van der Waals surface area (Å²) in [5.74, 6) is -0.233. The maximum Gasteiger partial charge on any atom is 0.276 e. The van der Waals surface area contributed by atoms with E-state index in [9.17, 15) is 4.79 Å². The van der Waals surface area contributed by atoms with Crippen LogP contribution < -0.4 is 11.1 Å². The van der Waals surface area contributed by atoms with Gasteiger partial charge in [-0.25, -0.2) is 0 Å². The van der Waals surface area contributed by atoms with E-state index in [-0.39, 0.29) is 11.3 Å². The van der Waals surface area contributed by atoms with Gasteiger partial charge in [0.1, 0.15) is 5.69 Å². The summed E-state index contributed by atoms with van der Waals surface area (Å²) in [6.45, 7) is 8.86. The highest BCUT2D eigenvalue weighted by Gasteiger charge is 2.21. The molecule has 5 heteroatoms. The number of amides is 1. The normalized spacial score (nSPS) is 11.4. The molecule has 1 amide bonds. The number of para-hydroxylation sites is 1. The molecule has 21 heavy (non-hydrogen) atoms. The summed E-state index contributed by atoms with van der Waals surface area (Å²) in [4.78, 5) is 12.5. The van der Waals surface area contributed by atoms with Crippen molar-refractivity contribution in [1.29, 1.82) is 0 Å². The first-order valence-corrected chi connectivity index (χ1v) is 7.06. The number of aromatic nitrogens is 2. The van der Waals surface area contributed by atoms with Gasteiger partial charge in [-0.05, 0) is 24.0 Å². The third kappa shape index (κ3) is 3.07. The molecule has 5 nitrogen and oxygen atoms in total. The van der Waals surface area contributed by atoms with E-state index < -0.39 is 0 Å². The second-order valence-corrected chi connectivity index (χ2v) is 6.01. The van der Waals surface area contributed by atoms with E-state index in [1.807, 2.05) is 31.2 Å². The predicted molar refractivity (Wildman–Crippen MR) is 85.4 cm³/mol. The molecule has 0 unspecified atom stereocenters. The van der Waals surface area contributed by atoms with E-state index in [4.69, 9.17) is 5.73 Å². The monoisotopic (exact) mass is 286 g/mol. The average Bonchev–Trinajstić information content (AvgIpc) is 2.79. The van der Waals surface area contributed by atoms with Crippen LogP contribution in [-0.4, -0.2) is 15.7 Å². The topological polar surface area (TPSA) is 72.9 Å². The number of benzene rings is 1. The Morgan fingerprint density at radius 2 is 2.00 bits per heavy atom.